The fourth-order valence-corrected chi connectivity index (χ4v) is 1.50. The lowest BCUT2D eigenvalue weighted by molar-refractivity contribution is -0.138. The van der Waals surface area contributed by atoms with Crippen molar-refractivity contribution in [1.29, 1.82) is 0 Å². The van der Waals surface area contributed by atoms with Crippen molar-refractivity contribution in [3.63, 3.8) is 0 Å². The quantitative estimate of drug-likeness (QED) is 0.466. The molecule has 1 aromatic rings. The minimum atomic E-state index is -1.28. The number of rotatable bonds is 7. The van der Waals surface area contributed by atoms with Crippen LogP contribution in [0.15, 0.2) is 30.4 Å². The number of ether oxygens (including phenoxy) is 3. The smallest absolute Gasteiger partial charge is 0.338 e. The van der Waals surface area contributed by atoms with Gasteiger partial charge in [0.05, 0.1) is 25.7 Å². The van der Waals surface area contributed by atoms with Gasteiger partial charge in [0.1, 0.15) is 0 Å². The zero-order valence-corrected chi connectivity index (χ0v) is 12.3. The minimum absolute atomic E-state index is 0.0683. The van der Waals surface area contributed by atoms with Gasteiger partial charge in [-0.25, -0.2) is 9.59 Å². The zero-order chi connectivity index (χ0) is 16.7. The number of hydrogen-bond acceptors (Lipinski definition) is 6. The Kier molecular flexibility index (Phi) is 6.12. The van der Waals surface area contributed by atoms with E-state index in [1.807, 2.05) is 0 Å². The molecule has 7 nitrogen and oxygen atoms in total. The van der Waals surface area contributed by atoms with Crippen LogP contribution in [-0.2, 0) is 14.3 Å². The second-order valence-corrected chi connectivity index (χ2v) is 4.15. The van der Waals surface area contributed by atoms with Crippen molar-refractivity contribution in [1.82, 2.24) is 0 Å². The maximum Gasteiger partial charge on any atom is 0.338 e. The Morgan fingerprint density at radius 3 is 2.45 bits per heavy atom. The number of carbonyl (C=O) groups is 3. The topological polar surface area (TPSA) is 99.1 Å². The Hall–Kier alpha value is -2.83. The Morgan fingerprint density at radius 1 is 1.23 bits per heavy atom. The van der Waals surface area contributed by atoms with Gasteiger partial charge >= 0.3 is 17.9 Å². The molecule has 0 spiro atoms. The third-order valence-corrected chi connectivity index (χ3v) is 2.56. The molecule has 0 aliphatic heterocycles. The highest BCUT2D eigenvalue weighted by molar-refractivity contribution is 5.93. The summed E-state index contributed by atoms with van der Waals surface area (Å²) in [5.41, 5.74) is -0.0412. The molecule has 0 fully saturated rings. The van der Waals surface area contributed by atoms with Crippen molar-refractivity contribution in [2.75, 3.05) is 13.7 Å². The SMILES string of the molecule is C=C(CC(=O)Oc1ccc(C(=O)OCC)cc1OC)C(=O)O. The summed E-state index contributed by atoms with van der Waals surface area (Å²) in [6.07, 6.45) is -0.460. The first-order valence-electron chi connectivity index (χ1n) is 6.36. The molecule has 0 saturated heterocycles. The average molecular weight is 308 g/mol. The van der Waals surface area contributed by atoms with E-state index in [9.17, 15) is 14.4 Å². The van der Waals surface area contributed by atoms with Gasteiger partial charge in [-0.05, 0) is 25.1 Å². The highest BCUT2D eigenvalue weighted by atomic mass is 16.6. The van der Waals surface area contributed by atoms with E-state index in [0.29, 0.717) is 0 Å². The van der Waals surface area contributed by atoms with Crippen LogP contribution in [0.3, 0.4) is 0 Å². The number of benzene rings is 1. The summed E-state index contributed by atoms with van der Waals surface area (Å²) in [6.45, 7) is 5.16. The Labute approximate surface area is 127 Å². The molecule has 1 rings (SSSR count). The van der Waals surface area contributed by atoms with Gasteiger partial charge < -0.3 is 19.3 Å². The molecule has 7 heteroatoms. The molecule has 0 aromatic heterocycles. The van der Waals surface area contributed by atoms with E-state index in [2.05, 4.69) is 6.58 Å². The third-order valence-electron chi connectivity index (χ3n) is 2.56. The largest absolute Gasteiger partial charge is 0.493 e. The normalized spacial score (nSPS) is 9.73. The second kappa shape index (κ2) is 7.82. The summed E-state index contributed by atoms with van der Waals surface area (Å²) >= 11 is 0. The summed E-state index contributed by atoms with van der Waals surface area (Å²) in [5, 5.41) is 8.66. The molecule has 0 aliphatic carbocycles. The molecule has 0 heterocycles. The first-order chi connectivity index (χ1) is 10.4. The maximum atomic E-state index is 11.6. The number of methoxy groups -OCH3 is 1. The van der Waals surface area contributed by atoms with Crippen molar-refractivity contribution in [3.05, 3.63) is 35.9 Å². The first-order valence-corrected chi connectivity index (χ1v) is 6.36. The van der Waals surface area contributed by atoms with Crippen LogP contribution in [0.1, 0.15) is 23.7 Å². The van der Waals surface area contributed by atoms with E-state index in [-0.39, 0.29) is 29.2 Å². The monoisotopic (exact) mass is 308 g/mol. The molecule has 0 bridgehead atoms. The van der Waals surface area contributed by atoms with Crippen molar-refractivity contribution in [2.45, 2.75) is 13.3 Å². The van der Waals surface area contributed by atoms with E-state index in [1.54, 1.807) is 6.92 Å². The lowest BCUT2D eigenvalue weighted by atomic mass is 10.2. The molecule has 0 amide bonds. The summed E-state index contributed by atoms with van der Waals surface area (Å²) in [6, 6.07) is 4.15. The second-order valence-electron chi connectivity index (χ2n) is 4.15. The van der Waals surface area contributed by atoms with Crippen LogP contribution >= 0.6 is 0 Å². The summed E-state index contributed by atoms with van der Waals surface area (Å²) < 4.78 is 14.9. The number of carbonyl (C=O) groups excluding carboxylic acids is 2. The van der Waals surface area contributed by atoms with Gasteiger partial charge in [0.15, 0.2) is 11.5 Å². The molecule has 0 aliphatic rings. The van der Waals surface area contributed by atoms with Crippen molar-refractivity contribution in [3.8, 4) is 11.5 Å². The Bertz CT molecular complexity index is 604. The molecule has 118 valence electrons. The van der Waals surface area contributed by atoms with E-state index >= 15 is 0 Å². The summed E-state index contributed by atoms with van der Waals surface area (Å²) in [5.74, 6) is -2.38. The highest BCUT2D eigenvalue weighted by Crippen LogP contribution is 2.29. The average Bonchev–Trinajstić information content (AvgIpc) is 2.47. The molecule has 1 aromatic carbocycles. The fourth-order valence-electron chi connectivity index (χ4n) is 1.50. The predicted molar refractivity (Wildman–Crippen MR) is 76.0 cm³/mol. The minimum Gasteiger partial charge on any atom is -0.493 e. The van der Waals surface area contributed by atoms with Crippen LogP contribution in [0.4, 0.5) is 0 Å². The van der Waals surface area contributed by atoms with Gasteiger partial charge in [0.2, 0.25) is 0 Å². The molecule has 1 N–H and O–H groups in total. The molecule has 22 heavy (non-hydrogen) atoms. The predicted octanol–water partition coefficient (Wildman–Crippen LogP) is 1.81. The molecule has 0 radical (unpaired) electrons. The maximum absolute atomic E-state index is 11.6. The Morgan fingerprint density at radius 2 is 1.91 bits per heavy atom. The van der Waals surface area contributed by atoms with Crippen LogP contribution in [-0.4, -0.2) is 36.7 Å². The van der Waals surface area contributed by atoms with Gasteiger partial charge in [-0.15, -0.1) is 0 Å². The molecule has 0 saturated carbocycles. The molecular weight excluding hydrogens is 292 g/mol. The van der Waals surface area contributed by atoms with E-state index in [0.717, 1.165) is 0 Å². The van der Waals surface area contributed by atoms with Crippen LogP contribution < -0.4 is 9.47 Å². The standard InChI is InChI=1S/C15H16O7/c1-4-21-15(19)10-5-6-11(12(8-10)20-3)22-13(16)7-9(2)14(17)18/h5-6,8H,2,4,7H2,1,3H3,(H,17,18). The molecule has 0 atom stereocenters. The van der Waals surface area contributed by atoms with Crippen LogP contribution in [0.25, 0.3) is 0 Å². The summed E-state index contributed by atoms with van der Waals surface area (Å²) in [4.78, 5) is 33.8. The van der Waals surface area contributed by atoms with Crippen LogP contribution in [0, 0.1) is 0 Å². The number of hydrogen-bond donors (Lipinski definition) is 1. The van der Waals surface area contributed by atoms with Crippen LogP contribution in [0.2, 0.25) is 0 Å². The fraction of sp³-hybridized carbons (Fsp3) is 0.267. The zero-order valence-electron chi connectivity index (χ0n) is 12.3. The lowest BCUT2D eigenvalue weighted by Gasteiger charge is -2.10. The van der Waals surface area contributed by atoms with Gasteiger partial charge in [0, 0.05) is 5.57 Å². The van der Waals surface area contributed by atoms with E-state index in [1.165, 1.54) is 25.3 Å². The van der Waals surface area contributed by atoms with Gasteiger partial charge in [0.25, 0.3) is 0 Å². The van der Waals surface area contributed by atoms with Gasteiger partial charge in [-0.2, -0.15) is 0 Å². The number of carboxylic acid groups (broad SMARTS) is 1. The number of esters is 2. The highest BCUT2D eigenvalue weighted by Gasteiger charge is 2.16. The number of carboxylic acids is 1. The molecule has 0 unspecified atom stereocenters. The van der Waals surface area contributed by atoms with E-state index < -0.39 is 24.3 Å². The number of aliphatic carboxylic acids is 1. The van der Waals surface area contributed by atoms with Crippen LogP contribution in [0.5, 0.6) is 11.5 Å². The third kappa shape index (κ3) is 4.62. The first kappa shape index (κ1) is 17.2. The van der Waals surface area contributed by atoms with Crippen molar-refractivity contribution < 1.29 is 33.7 Å². The summed E-state index contributed by atoms with van der Waals surface area (Å²) in [7, 11) is 1.35. The lowest BCUT2D eigenvalue weighted by Crippen LogP contribution is -2.13. The Balaban J connectivity index is 2.87. The van der Waals surface area contributed by atoms with Gasteiger partial charge in [-0.1, -0.05) is 6.58 Å². The van der Waals surface area contributed by atoms with Gasteiger partial charge in [-0.3, -0.25) is 4.79 Å². The van der Waals surface area contributed by atoms with Crippen molar-refractivity contribution >= 4 is 17.9 Å². The van der Waals surface area contributed by atoms with Crippen molar-refractivity contribution in [2.24, 2.45) is 0 Å². The van der Waals surface area contributed by atoms with E-state index in [4.69, 9.17) is 19.3 Å². The molecular formula is C15H16O7.